The van der Waals surface area contributed by atoms with Crippen molar-refractivity contribution in [2.75, 3.05) is 13.2 Å². The summed E-state index contributed by atoms with van der Waals surface area (Å²) in [6.45, 7) is 5.05. The smallest absolute Gasteiger partial charge is 0.127 e. The van der Waals surface area contributed by atoms with Crippen molar-refractivity contribution in [1.29, 1.82) is 0 Å². The van der Waals surface area contributed by atoms with E-state index in [2.05, 4.69) is 5.32 Å². The summed E-state index contributed by atoms with van der Waals surface area (Å²) in [6.07, 6.45) is 0. The molecule has 1 rings (SSSR count). The number of phenolic OH excluding ortho intramolecular Hbond substituents is 1. The Morgan fingerprint density at radius 1 is 1.31 bits per heavy atom. The summed E-state index contributed by atoms with van der Waals surface area (Å²) in [5, 5.41) is 21.3. The molecule has 0 aromatic heterocycles. The second-order valence-electron chi connectivity index (χ2n) is 4.74. The summed E-state index contributed by atoms with van der Waals surface area (Å²) >= 11 is 0. The van der Waals surface area contributed by atoms with Crippen LogP contribution in [0.2, 0.25) is 0 Å². The highest BCUT2D eigenvalue weighted by Crippen LogP contribution is 2.15. The molecule has 0 radical (unpaired) electrons. The molecule has 0 spiro atoms. The van der Waals surface area contributed by atoms with Gasteiger partial charge in [0.05, 0.1) is 0 Å². The molecule has 0 aliphatic carbocycles. The number of aliphatic hydroxyl groups excluding tert-OH is 1. The molecule has 0 saturated carbocycles. The number of benzene rings is 1. The van der Waals surface area contributed by atoms with Crippen molar-refractivity contribution in [2.45, 2.75) is 20.4 Å². The van der Waals surface area contributed by atoms with Crippen LogP contribution in [0.25, 0.3) is 0 Å². The van der Waals surface area contributed by atoms with Crippen molar-refractivity contribution in [3.8, 4) is 5.75 Å². The Hall–Kier alpha value is -1.13. The van der Waals surface area contributed by atoms with E-state index in [-0.39, 0.29) is 17.8 Å². The van der Waals surface area contributed by atoms with Gasteiger partial charge < -0.3 is 15.5 Å². The molecule has 0 unspecified atom stereocenters. The molecule has 3 nitrogen and oxygen atoms in total. The molecule has 0 aliphatic rings. The Kier molecular flexibility index (Phi) is 4.26. The Morgan fingerprint density at radius 3 is 2.56 bits per heavy atom. The maximum Gasteiger partial charge on any atom is 0.127 e. The lowest BCUT2D eigenvalue weighted by Gasteiger charge is -2.21. The number of aliphatic hydroxyl groups is 1. The van der Waals surface area contributed by atoms with Gasteiger partial charge >= 0.3 is 0 Å². The lowest BCUT2D eigenvalue weighted by atomic mass is 9.95. The topological polar surface area (TPSA) is 52.5 Å². The van der Waals surface area contributed by atoms with E-state index >= 15 is 0 Å². The largest absolute Gasteiger partial charge is 0.508 e. The number of aromatic hydroxyl groups is 1. The molecule has 0 heterocycles. The van der Waals surface area contributed by atoms with Gasteiger partial charge in [0.2, 0.25) is 0 Å². The molecule has 4 heteroatoms. The zero-order chi connectivity index (χ0) is 12.2. The van der Waals surface area contributed by atoms with Gasteiger partial charge in [-0.3, -0.25) is 0 Å². The Labute approximate surface area is 94.9 Å². The van der Waals surface area contributed by atoms with Gasteiger partial charge in [-0.1, -0.05) is 13.8 Å². The summed E-state index contributed by atoms with van der Waals surface area (Å²) in [5.74, 6) is -0.517. The van der Waals surface area contributed by atoms with E-state index in [1.54, 1.807) is 0 Å². The van der Waals surface area contributed by atoms with Crippen LogP contribution in [0, 0.1) is 11.2 Å². The predicted octanol–water partition coefficient (Wildman–Crippen LogP) is 1.64. The fourth-order valence-electron chi connectivity index (χ4n) is 1.34. The van der Waals surface area contributed by atoms with Crippen LogP contribution in [0.5, 0.6) is 5.75 Å². The Bertz CT molecular complexity index is 333. The minimum absolute atomic E-state index is 0.0711. The van der Waals surface area contributed by atoms with E-state index in [1.165, 1.54) is 12.1 Å². The van der Waals surface area contributed by atoms with Crippen molar-refractivity contribution in [1.82, 2.24) is 5.32 Å². The fraction of sp³-hybridized carbons (Fsp3) is 0.500. The number of halogens is 1. The van der Waals surface area contributed by atoms with Crippen LogP contribution in [-0.4, -0.2) is 23.4 Å². The van der Waals surface area contributed by atoms with Crippen LogP contribution >= 0.6 is 0 Å². The van der Waals surface area contributed by atoms with E-state index in [0.29, 0.717) is 18.7 Å². The van der Waals surface area contributed by atoms with Crippen molar-refractivity contribution in [3.63, 3.8) is 0 Å². The molecular weight excluding hydrogens is 209 g/mol. The van der Waals surface area contributed by atoms with E-state index in [1.807, 2.05) is 13.8 Å². The first kappa shape index (κ1) is 12.9. The highest BCUT2D eigenvalue weighted by molar-refractivity contribution is 5.28. The van der Waals surface area contributed by atoms with Crippen LogP contribution in [-0.2, 0) is 6.54 Å². The quantitative estimate of drug-likeness (QED) is 0.716. The molecule has 0 bridgehead atoms. The number of phenols is 1. The van der Waals surface area contributed by atoms with Crippen molar-refractivity contribution in [3.05, 3.63) is 29.6 Å². The van der Waals surface area contributed by atoms with Crippen molar-refractivity contribution < 1.29 is 14.6 Å². The number of hydrogen-bond acceptors (Lipinski definition) is 3. The Balaban J connectivity index is 2.49. The molecule has 3 N–H and O–H groups in total. The first-order valence-electron chi connectivity index (χ1n) is 5.23. The maximum absolute atomic E-state index is 12.9. The minimum atomic E-state index is -0.446. The normalized spacial score (nSPS) is 11.8. The van der Waals surface area contributed by atoms with E-state index in [9.17, 15) is 9.50 Å². The van der Waals surface area contributed by atoms with Crippen LogP contribution in [0.15, 0.2) is 18.2 Å². The van der Waals surface area contributed by atoms with Gasteiger partial charge in [-0.25, -0.2) is 4.39 Å². The van der Waals surface area contributed by atoms with Gasteiger partial charge in [0.1, 0.15) is 11.6 Å². The third kappa shape index (κ3) is 4.16. The average molecular weight is 227 g/mol. The molecule has 16 heavy (non-hydrogen) atoms. The minimum Gasteiger partial charge on any atom is -0.508 e. The van der Waals surface area contributed by atoms with Gasteiger partial charge in [0, 0.05) is 31.2 Å². The highest BCUT2D eigenvalue weighted by Gasteiger charge is 2.15. The number of hydrogen-bond donors (Lipinski definition) is 3. The SMILES string of the molecule is CC(C)(CO)CNCc1cc(O)cc(F)c1. The molecule has 0 aliphatic heterocycles. The van der Waals surface area contributed by atoms with Crippen molar-refractivity contribution >= 4 is 0 Å². The standard InChI is InChI=1S/C12H18FNO2/c1-12(2,8-15)7-14-6-9-3-10(13)5-11(16)4-9/h3-5,14-16H,6-8H2,1-2H3. The van der Waals surface area contributed by atoms with Gasteiger partial charge in [-0.15, -0.1) is 0 Å². The molecular formula is C12H18FNO2. The predicted molar refractivity (Wildman–Crippen MR) is 60.6 cm³/mol. The van der Waals surface area contributed by atoms with Crippen LogP contribution in [0.1, 0.15) is 19.4 Å². The first-order valence-corrected chi connectivity index (χ1v) is 5.23. The van der Waals surface area contributed by atoms with E-state index in [4.69, 9.17) is 5.11 Å². The third-order valence-corrected chi connectivity index (χ3v) is 2.30. The summed E-state index contributed by atoms with van der Waals surface area (Å²) in [4.78, 5) is 0. The second-order valence-corrected chi connectivity index (χ2v) is 4.74. The summed E-state index contributed by atoms with van der Waals surface area (Å²) < 4.78 is 12.9. The van der Waals surface area contributed by atoms with Crippen LogP contribution in [0.4, 0.5) is 4.39 Å². The molecule has 1 aromatic rings. The zero-order valence-electron chi connectivity index (χ0n) is 9.63. The lowest BCUT2D eigenvalue weighted by molar-refractivity contribution is 0.156. The summed E-state index contributed by atoms with van der Waals surface area (Å²) in [6, 6.07) is 3.96. The van der Waals surface area contributed by atoms with Gasteiger partial charge in [0.25, 0.3) is 0 Å². The highest BCUT2D eigenvalue weighted by atomic mass is 19.1. The molecule has 0 atom stereocenters. The maximum atomic E-state index is 12.9. The van der Waals surface area contributed by atoms with Gasteiger partial charge in [-0.2, -0.15) is 0 Å². The second kappa shape index (κ2) is 5.27. The molecule has 0 saturated heterocycles. The van der Waals surface area contributed by atoms with Gasteiger partial charge in [-0.05, 0) is 17.7 Å². The van der Waals surface area contributed by atoms with Crippen molar-refractivity contribution in [2.24, 2.45) is 5.41 Å². The number of rotatable bonds is 5. The molecule has 0 fully saturated rings. The first-order chi connectivity index (χ1) is 7.43. The Morgan fingerprint density at radius 2 is 2.00 bits per heavy atom. The number of nitrogens with one attached hydrogen (secondary N) is 1. The molecule has 1 aromatic carbocycles. The van der Waals surface area contributed by atoms with E-state index in [0.717, 1.165) is 6.07 Å². The monoisotopic (exact) mass is 227 g/mol. The van der Waals surface area contributed by atoms with E-state index < -0.39 is 5.82 Å². The summed E-state index contributed by atoms with van der Waals surface area (Å²) in [5.41, 5.74) is 0.487. The fourth-order valence-corrected chi connectivity index (χ4v) is 1.34. The molecule has 90 valence electrons. The van der Waals surface area contributed by atoms with Crippen LogP contribution < -0.4 is 5.32 Å². The third-order valence-electron chi connectivity index (χ3n) is 2.30. The summed E-state index contributed by atoms with van der Waals surface area (Å²) in [7, 11) is 0. The average Bonchev–Trinajstić information content (AvgIpc) is 2.16. The lowest BCUT2D eigenvalue weighted by Crippen LogP contribution is -2.31. The zero-order valence-corrected chi connectivity index (χ0v) is 9.63. The van der Waals surface area contributed by atoms with Gasteiger partial charge in [0.15, 0.2) is 0 Å². The van der Waals surface area contributed by atoms with Crippen LogP contribution in [0.3, 0.4) is 0 Å². The molecule has 0 amide bonds.